The van der Waals surface area contributed by atoms with Crippen molar-refractivity contribution in [3.63, 3.8) is 0 Å². The highest BCUT2D eigenvalue weighted by molar-refractivity contribution is 7.89. The second-order valence-corrected chi connectivity index (χ2v) is 12.9. The maximum Gasteiger partial charge on any atom is 0.243 e. The lowest BCUT2D eigenvalue weighted by molar-refractivity contribution is -0.135. The average Bonchev–Trinajstić information content (AvgIpc) is 3.36. The van der Waals surface area contributed by atoms with E-state index in [9.17, 15) is 13.2 Å². The minimum atomic E-state index is -3.91. The fourth-order valence-corrected chi connectivity index (χ4v) is 7.23. The first-order chi connectivity index (χ1) is 17.6. The van der Waals surface area contributed by atoms with Crippen LogP contribution in [-0.4, -0.2) is 49.3 Å². The number of ether oxygens (including phenoxy) is 1. The van der Waals surface area contributed by atoms with E-state index in [1.807, 2.05) is 44.4 Å². The molecule has 6 nitrogen and oxygen atoms in total. The number of carbonyl (C=O) groups is 1. The van der Waals surface area contributed by atoms with Gasteiger partial charge >= 0.3 is 0 Å². The van der Waals surface area contributed by atoms with Gasteiger partial charge in [-0.05, 0) is 91.7 Å². The fourth-order valence-electron chi connectivity index (χ4n) is 4.40. The van der Waals surface area contributed by atoms with Gasteiger partial charge in [-0.3, -0.25) is 4.79 Å². The highest BCUT2D eigenvalue weighted by atomic mass is 35.5. The smallest absolute Gasteiger partial charge is 0.243 e. The van der Waals surface area contributed by atoms with E-state index >= 15 is 0 Å². The summed E-state index contributed by atoms with van der Waals surface area (Å²) in [5.41, 5.74) is 1.95. The van der Waals surface area contributed by atoms with Crippen LogP contribution in [0.1, 0.15) is 42.3 Å². The summed E-state index contributed by atoms with van der Waals surface area (Å²) in [5.74, 6) is 0.416. The van der Waals surface area contributed by atoms with Crippen LogP contribution in [0.5, 0.6) is 5.75 Å². The molecule has 2 heterocycles. The summed E-state index contributed by atoms with van der Waals surface area (Å²) < 4.78 is 34.5. The molecule has 10 heteroatoms. The Morgan fingerprint density at radius 3 is 2.59 bits per heavy atom. The number of amides is 1. The fraction of sp³-hybridized carbons (Fsp3) is 0.370. The van der Waals surface area contributed by atoms with Gasteiger partial charge in [0.25, 0.3) is 0 Å². The number of rotatable bonds is 9. The second kappa shape index (κ2) is 11.7. The molecule has 0 spiro atoms. The number of hydrogen-bond donors (Lipinski definition) is 0. The predicted octanol–water partition coefficient (Wildman–Crippen LogP) is 6.36. The first kappa shape index (κ1) is 27.9. The summed E-state index contributed by atoms with van der Waals surface area (Å²) in [6.45, 7) is 6.13. The van der Waals surface area contributed by atoms with Crippen molar-refractivity contribution in [2.45, 2.75) is 50.6 Å². The molecule has 198 valence electrons. The third-order valence-electron chi connectivity index (χ3n) is 6.75. The summed E-state index contributed by atoms with van der Waals surface area (Å²) in [7, 11) is -3.91. The van der Waals surface area contributed by atoms with E-state index in [1.54, 1.807) is 34.4 Å². The van der Waals surface area contributed by atoms with E-state index < -0.39 is 10.0 Å². The van der Waals surface area contributed by atoms with Crippen molar-refractivity contribution < 1.29 is 17.9 Å². The number of halogens is 2. The van der Waals surface area contributed by atoms with Crippen LogP contribution in [0.3, 0.4) is 0 Å². The van der Waals surface area contributed by atoms with Crippen molar-refractivity contribution in [3.8, 4) is 5.75 Å². The molecule has 37 heavy (non-hydrogen) atoms. The van der Waals surface area contributed by atoms with E-state index in [2.05, 4.69) is 0 Å². The second-order valence-electron chi connectivity index (χ2n) is 9.14. The normalized spacial score (nSPS) is 16.5. The number of nitrogens with zero attached hydrogens (tertiary/aromatic N) is 2. The Labute approximate surface area is 232 Å². The van der Waals surface area contributed by atoms with Gasteiger partial charge in [-0.25, -0.2) is 8.42 Å². The third-order valence-corrected chi connectivity index (χ3v) is 10.4. The molecule has 1 amide bonds. The predicted molar refractivity (Wildman–Crippen MR) is 149 cm³/mol. The number of thiophene rings is 1. The highest BCUT2D eigenvalue weighted by Crippen LogP contribution is 2.35. The van der Waals surface area contributed by atoms with Crippen molar-refractivity contribution >= 4 is 50.5 Å². The van der Waals surface area contributed by atoms with Crippen molar-refractivity contribution in [3.05, 3.63) is 80.0 Å². The molecule has 0 saturated carbocycles. The number of carbonyl (C=O) groups excluding carboxylic acids is 1. The van der Waals surface area contributed by atoms with Crippen LogP contribution in [0.4, 0.5) is 0 Å². The van der Waals surface area contributed by atoms with Crippen molar-refractivity contribution in [2.75, 3.05) is 19.7 Å². The molecule has 1 aliphatic rings. The van der Waals surface area contributed by atoms with Gasteiger partial charge in [-0.1, -0.05) is 30.1 Å². The maximum absolute atomic E-state index is 13.7. The SMILES string of the molecule is CC[C@@H](C)N(CC(=O)N1CCc2sccc2[C@@H]1COc1ccc(Cl)c(C)c1)S(=O)(=O)c1ccc(Cl)cc1. The molecular formula is C27H30Cl2N2O4S2. The van der Waals surface area contributed by atoms with Gasteiger partial charge in [0.1, 0.15) is 12.4 Å². The van der Waals surface area contributed by atoms with Crippen molar-refractivity contribution in [1.82, 2.24) is 9.21 Å². The topological polar surface area (TPSA) is 66.9 Å². The van der Waals surface area contributed by atoms with Gasteiger partial charge in [-0.2, -0.15) is 4.31 Å². The van der Waals surface area contributed by atoms with E-state index in [-0.39, 0.29) is 36.0 Å². The number of hydrogen-bond acceptors (Lipinski definition) is 5. The minimum absolute atomic E-state index is 0.113. The van der Waals surface area contributed by atoms with Gasteiger partial charge in [0.05, 0.1) is 17.5 Å². The molecule has 1 aliphatic heterocycles. The number of aryl methyl sites for hydroxylation is 1. The molecule has 0 aliphatic carbocycles. The molecular weight excluding hydrogens is 551 g/mol. The molecule has 2 aromatic carbocycles. The summed E-state index contributed by atoms with van der Waals surface area (Å²) >= 11 is 13.8. The Kier molecular flexibility index (Phi) is 8.86. The van der Waals surface area contributed by atoms with Gasteiger partial charge in [0.2, 0.25) is 15.9 Å². The summed E-state index contributed by atoms with van der Waals surface area (Å²) in [5, 5.41) is 3.13. The van der Waals surface area contributed by atoms with E-state index in [0.717, 1.165) is 17.5 Å². The van der Waals surface area contributed by atoms with Gasteiger partial charge < -0.3 is 9.64 Å². The van der Waals surface area contributed by atoms with Gasteiger partial charge in [0, 0.05) is 27.5 Å². The van der Waals surface area contributed by atoms with Crippen LogP contribution in [0.15, 0.2) is 58.8 Å². The van der Waals surface area contributed by atoms with E-state index in [4.69, 9.17) is 27.9 Å². The molecule has 0 N–H and O–H groups in total. The summed E-state index contributed by atoms with van der Waals surface area (Å²) in [6.07, 6.45) is 1.29. The Hall–Kier alpha value is -2.10. The molecule has 0 unspecified atom stereocenters. The Morgan fingerprint density at radius 1 is 1.19 bits per heavy atom. The lowest BCUT2D eigenvalue weighted by Crippen LogP contribution is -2.49. The van der Waals surface area contributed by atoms with Gasteiger partial charge in [0.15, 0.2) is 0 Å². The third kappa shape index (κ3) is 6.15. The number of benzene rings is 2. The van der Waals surface area contributed by atoms with Gasteiger partial charge in [-0.15, -0.1) is 11.3 Å². The summed E-state index contributed by atoms with van der Waals surface area (Å²) in [4.78, 5) is 16.8. The molecule has 4 rings (SSSR count). The van der Waals surface area contributed by atoms with E-state index in [1.165, 1.54) is 21.3 Å². The van der Waals surface area contributed by atoms with Crippen molar-refractivity contribution in [1.29, 1.82) is 0 Å². The van der Waals surface area contributed by atoms with Crippen LogP contribution in [0.2, 0.25) is 10.0 Å². The minimum Gasteiger partial charge on any atom is -0.491 e. The molecule has 0 saturated heterocycles. The average molecular weight is 582 g/mol. The Bertz CT molecular complexity index is 1360. The zero-order chi connectivity index (χ0) is 26.7. The zero-order valence-corrected chi connectivity index (χ0v) is 24.1. The Morgan fingerprint density at radius 2 is 1.92 bits per heavy atom. The van der Waals surface area contributed by atoms with Crippen LogP contribution < -0.4 is 4.74 Å². The molecule has 0 fully saturated rings. The molecule has 3 aromatic rings. The summed E-state index contributed by atoms with van der Waals surface area (Å²) in [6, 6.07) is 12.8. The monoisotopic (exact) mass is 580 g/mol. The standard InChI is InChI=1S/C27H30Cl2N2O4S2/c1-4-19(3)31(37(33,34)22-8-5-20(28)6-9-22)16-27(32)30-13-11-26-23(12-14-36-26)25(30)17-35-21-7-10-24(29)18(2)15-21/h5-10,12,14-15,19,25H,4,11,13,16-17H2,1-3H3/t19-,25+/m1/s1. The molecule has 0 radical (unpaired) electrons. The maximum atomic E-state index is 13.7. The zero-order valence-electron chi connectivity index (χ0n) is 21.0. The van der Waals surface area contributed by atoms with Crippen molar-refractivity contribution in [2.24, 2.45) is 0 Å². The lowest BCUT2D eigenvalue weighted by atomic mass is 10.0. The Balaban J connectivity index is 1.59. The molecule has 1 aromatic heterocycles. The number of sulfonamides is 1. The quantitative estimate of drug-likeness (QED) is 0.295. The molecule has 2 atom stereocenters. The largest absolute Gasteiger partial charge is 0.491 e. The van der Waals surface area contributed by atoms with Crippen LogP contribution >= 0.6 is 34.5 Å². The number of fused-ring (bicyclic) bond motifs is 1. The van der Waals surface area contributed by atoms with Crippen LogP contribution in [0.25, 0.3) is 0 Å². The van der Waals surface area contributed by atoms with E-state index in [0.29, 0.717) is 28.8 Å². The van der Waals surface area contributed by atoms with Crippen LogP contribution in [-0.2, 0) is 21.2 Å². The molecule has 0 bridgehead atoms. The first-order valence-corrected chi connectivity index (χ1v) is 15.2. The lowest BCUT2D eigenvalue weighted by Gasteiger charge is -2.37. The first-order valence-electron chi connectivity index (χ1n) is 12.1. The van der Waals surface area contributed by atoms with Crippen LogP contribution in [0, 0.1) is 6.92 Å². The highest BCUT2D eigenvalue weighted by Gasteiger charge is 2.36.